The van der Waals surface area contributed by atoms with Gasteiger partial charge in [0.05, 0.1) is 18.2 Å². The largest absolute Gasteiger partial charge is 0.275 e. The average molecular weight is 341 g/mol. The Labute approximate surface area is 124 Å². The molecule has 0 saturated carbocycles. The van der Waals surface area contributed by atoms with Crippen LogP contribution >= 0.6 is 15.9 Å². The predicted molar refractivity (Wildman–Crippen MR) is 73.9 cm³/mol. The Morgan fingerprint density at radius 2 is 1.95 bits per heavy atom. The Morgan fingerprint density at radius 3 is 2.60 bits per heavy atom. The number of imide groups is 1. The number of nitrogens with zero attached hydrogens (tertiary/aromatic N) is 2. The van der Waals surface area contributed by atoms with E-state index in [4.69, 9.17) is 4.84 Å². The SMILES string of the molecule is CON(C)C(=O)CCN1C(=O)c2ccc(Br)cc2C1=O. The van der Waals surface area contributed by atoms with E-state index in [-0.39, 0.29) is 30.7 Å². The lowest BCUT2D eigenvalue weighted by molar-refractivity contribution is -0.168. The average Bonchev–Trinajstić information content (AvgIpc) is 2.67. The highest BCUT2D eigenvalue weighted by atomic mass is 79.9. The molecule has 0 aliphatic carbocycles. The minimum absolute atomic E-state index is 0.0248. The second-order valence-corrected chi connectivity index (χ2v) is 5.19. The smallest absolute Gasteiger partial charge is 0.261 e. The Hall–Kier alpha value is -1.73. The molecule has 0 unspecified atom stereocenters. The summed E-state index contributed by atoms with van der Waals surface area (Å²) < 4.78 is 0.731. The van der Waals surface area contributed by atoms with Crippen molar-refractivity contribution in [1.82, 2.24) is 9.96 Å². The van der Waals surface area contributed by atoms with Gasteiger partial charge in [-0.2, -0.15) is 0 Å². The van der Waals surface area contributed by atoms with Gasteiger partial charge >= 0.3 is 0 Å². The van der Waals surface area contributed by atoms with Gasteiger partial charge in [-0.1, -0.05) is 15.9 Å². The maximum absolute atomic E-state index is 12.1. The van der Waals surface area contributed by atoms with Crippen molar-refractivity contribution in [2.24, 2.45) is 0 Å². The lowest BCUT2D eigenvalue weighted by Crippen LogP contribution is -2.35. The van der Waals surface area contributed by atoms with Gasteiger partial charge in [-0.3, -0.25) is 24.1 Å². The summed E-state index contributed by atoms with van der Waals surface area (Å²) in [5, 5.41) is 1.06. The van der Waals surface area contributed by atoms with Gasteiger partial charge in [0, 0.05) is 24.5 Å². The molecule has 0 bridgehead atoms. The van der Waals surface area contributed by atoms with E-state index in [0.717, 1.165) is 14.4 Å². The van der Waals surface area contributed by atoms with E-state index in [9.17, 15) is 14.4 Å². The molecule has 0 saturated heterocycles. The number of benzene rings is 1. The first-order chi connectivity index (χ1) is 9.45. The Kier molecular flexibility index (Phi) is 4.20. The fourth-order valence-corrected chi connectivity index (χ4v) is 2.29. The van der Waals surface area contributed by atoms with Crippen molar-refractivity contribution < 1.29 is 19.2 Å². The maximum atomic E-state index is 12.1. The van der Waals surface area contributed by atoms with Crippen molar-refractivity contribution in [2.45, 2.75) is 6.42 Å². The van der Waals surface area contributed by atoms with Crippen LogP contribution < -0.4 is 0 Å². The van der Waals surface area contributed by atoms with Crippen LogP contribution in [0.25, 0.3) is 0 Å². The number of hydrogen-bond donors (Lipinski definition) is 0. The topological polar surface area (TPSA) is 66.9 Å². The third kappa shape index (κ3) is 2.59. The Morgan fingerprint density at radius 1 is 1.30 bits per heavy atom. The summed E-state index contributed by atoms with van der Waals surface area (Å²) in [7, 11) is 2.85. The zero-order valence-electron chi connectivity index (χ0n) is 11.1. The van der Waals surface area contributed by atoms with Crippen LogP contribution in [-0.4, -0.2) is 48.4 Å². The molecule has 0 atom stereocenters. The van der Waals surface area contributed by atoms with Crippen molar-refractivity contribution in [1.29, 1.82) is 0 Å². The number of amides is 3. The first-order valence-corrected chi connectivity index (χ1v) is 6.71. The van der Waals surface area contributed by atoms with Crippen molar-refractivity contribution in [3.05, 3.63) is 33.8 Å². The molecule has 0 N–H and O–H groups in total. The van der Waals surface area contributed by atoms with E-state index in [1.54, 1.807) is 18.2 Å². The minimum atomic E-state index is -0.376. The summed E-state index contributed by atoms with van der Waals surface area (Å²) in [6, 6.07) is 4.92. The van der Waals surface area contributed by atoms with Crippen molar-refractivity contribution in [2.75, 3.05) is 20.7 Å². The zero-order chi connectivity index (χ0) is 14.9. The van der Waals surface area contributed by atoms with Gasteiger partial charge in [0.25, 0.3) is 11.8 Å². The van der Waals surface area contributed by atoms with E-state index in [1.807, 2.05) is 0 Å². The van der Waals surface area contributed by atoms with Gasteiger partial charge in [0.2, 0.25) is 5.91 Å². The number of halogens is 1. The summed E-state index contributed by atoms with van der Waals surface area (Å²) in [5.41, 5.74) is 0.725. The van der Waals surface area contributed by atoms with Crippen LogP contribution in [0.4, 0.5) is 0 Å². The van der Waals surface area contributed by atoms with Gasteiger partial charge in [-0.15, -0.1) is 0 Å². The van der Waals surface area contributed by atoms with Crippen LogP contribution in [0.2, 0.25) is 0 Å². The summed E-state index contributed by atoms with van der Waals surface area (Å²) in [6.07, 6.45) is 0.0248. The first-order valence-electron chi connectivity index (χ1n) is 5.92. The van der Waals surface area contributed by atoms with Crippen LogP contribution in [0.15, 0.2) is 22.7 Å². The number of carbonyl (C=O) groups excluding carboxylic acids is 3. The molecule has 0 aromatic heterocycles. The van der Waals surface area contributed by atoms with E-state index >= 15 is 0 Å². The van der Waals surface area contributed by atoms with Crippen LogP contribution in [0, 0.1) is 0 Å². The van der Waals surface area contributed by atoms with Crippen LogP contribution in [0.1, 0.15) is 27.1 Å². The van der Waals surface area contributed by atoms with Crippen molar-refractivity contribution >= 4 is 33.7 Å². The molecular weight excluding hydrogens is 328 g/mol. The van der Waals surface area contributed by atoms with E-state index < -0.39 is 0 Å². The standard InChI is InChI=1S/C13H13BrN2O4/c1-15(20-2)11(17)5-6-16-12(18)9-4-3-8(14)7-10(9)13(16)19/h3-4,7H,5-6H2,1-2H3. The van der Waals surface area contributed by atoms with Crippen LogP contribution in [0.5, 0.6) is 0 Å². The molecule has 106 valence electrons. The predicted octanol–water partition coefficient (Wildman–Crippen LogP) is 1.45. The van der Waals surface area contributed by atoms with Gasteiger partial charge < -0.3 is 0 Å². The van der Waals surface area contributed by atoms with Crippen LogP contribution in [0.3, 0.4) is 0 Å². The number of rotatable bonds is 4. The molecule has 1 aliphatic heterocycles. The molecular formula is C13H13BrN2O4. The quantitative estimate of drug-likeness (QED) is 0.614. The molecule has 2 rings (SSSR count). The summed E-state index contributed by atoms with van der Waals surface area (Å²) in [5.74, 6) is -1.05. The number of hydrogen-bond acceptors (Lipinski definition) is 4. The molecule has 1 heterocycles. The molecule has 3 amide bonds. The van der Waals surface area contributed by atoms with Crippen molar-refractivity contribution in [3.63, 3.8) is 0 Å². The number of hydroxylamine groups is 2. The fourth-order valence-electron chi connectivity index (χ4n) is 1.93. The third-order valence-electron chi connectivity index (χ3n) is 3.11. The Balaban J connectivity index is 2.11. The normalized spacial score (nSPS) is 13.7. The molecule has 0 spiro atoms. The molecule has 20 heavy (non-hydrogen) atoms. The number of fused-ring (bicyclic) bond motifs is 1. The summed E-state index contributed by atoms with van der Waals surface area (Å²) >= 11 is 3.26. The highest BCUT2D eigenvalue weighted by molar-refractivity contribution is 9.10. The number of carbonyl (C=O) groups is 3. The van der Waals surface area contributed by atoms with E-state index in [0.29, 0.717) is 11.1 Å². The minimum Gasteiger partial charge on any atom is -0.275 e. The van der Waals surface area contributed by atoms with Gasteiger partial charge in [-0.05, 0) is 18.2 Å². The molecule has 1 aromatic rings. The molecule has 1 aliphatic rings. The fraction of sp³-hybridized carbons (Fsp3) is 0.308. The maximum Gasteiger partial charge on any atom is 0.261 e. The van der Waals surface area contributed by atoms with Gasteiger partial charge in [0.15, 0.2) is 0 Å². The highest BCUT2D eigenvalue weighted by Gasteiger charge is 2.35. The molecule has 1 aromatic carbocycles. The van der Waals surface area contributed by atoms with Crippen LogP contribution in [-0.2, 0) is 9.63 Å². The second kappa shape index (κ2) is 5.72. The monoisotopic (exact) mass is 340 g/mol. The lowest BCUT2D eigenvalue weighted by atomic mass is 10.1. The van der Waals surface area contributed by atoms with Gasteiger partial charge in [0.1, 0.15) is 0 Å². The van der Waals surface area contributed by atoms with E-state index in [1.165, 1.54) is 14.2 Å². The lowest BCUT2D eigenvalue weighted by Gasteiger charge is -2.17. The summed E-state index contributed by atoms with van der Waals surface area (Å²) in [6.45, 7) is 0.0382. The zero-order valence-corrected chi connectivity index (χ0v) is 12.6. The highest BCUT2D eigenvalue weighted by Crippen LogP contribution is 2.26. The van der Waals surface area contributed by atoms with Gasteiger partial charge in [-0.25, -0.2) is 5.06 Å². The van der Waals surface area contributed by atoms with E-state index in [2.05, 4.69) is 15.9 Å². The molecule has 0 fully saturated rings. The van der Waals surface area contributed by atoms with Crippen molar-refractivity contribution in [3.8, 4) is 0 Å². The molecule has 6 nitrogen and oxygen atoms in total. The first kappa shape index (κ1) is 14.7. The summed E-state index contributed by atoms with van der Waals surface area (Å²) in [4.78, 5) is 41.7. The third-order valence-corrected chi connectivity index (χ3v) is 3.60. The molecule has 0 radical (unpaired) electrons. The molecule has 7 heteroatoms. The Bertz CT molecular complexity index is 588. The second-order valence-electron chi connectivity index (χ2n) is 4.28.